The van der Waals surface area contributed by atoms with E-state index >= 15 is 0 Å². The molecule has 0 aliphatic rings. The Bertz CT molecular complexity index is 211. The zero-order valence-electron chi connectivity index (χ0n) is 13.4. The van der Waals surface area contributed by atoms with Gasteiger partial charge in [0.05, 0.1) is 13.2 Å². The molecule has 0 bridgehead atoms. The summed E-state index contributed by atoms with van der Waals surface area (Å²) < 4.78 is 10.6. The average molecular weight is 259 g/mol. The topological polar surface area (TPSA) is 30.5 Å². The largest absolute Gasteiger partial charge is 0.382 e. The standard InChI is InChI=1S/C15H33NO2/c1-13(2)15(6,12-16-14(3,4)5)8-9-18-11-10-17-7/h13,16H,8-12H2,1-7H3. The predicted octanol–water partition coefficient (Wildman–Crippen LogP) is 3.09. The quantitative estimate of drug-likeness (QED) is 0.645. The van der Waals surface area contributed by atoms with Crippen LogP contribution < -0.4 is 5.32 Å². The first kappa shape index (κ1) is 17.9. The summed E-state index contributed by atoms with van der Waals surface area (Å²) in [5.41, 5.74) is 0.452. The van der Waals surface area contributed by atoms with Crippen LogP contribution in [0.5, 0.6) is 0 Å². The van der Waals surface area contributed by atoms with E-state index < -0.39 is 0 Å². The third kappa shape index (κ3) is 8.06. The SMILES string of the molecule is COCCOCCC(C)(CNC(C)(C)C)C(C)C. The van der Waals surface area contributed by atoms with Crippen molar-refractivity contribution in [2.45, 2.75) is 53.5 Å². The first-order chi connectivity index (χ1) is 8.21. The summed E-state index contributed by atoms with van der Waals surface area (Å²) in [6.07, 6.45) is 1.08. The Balaban J connectivity index is 4.10. The molecule has 18 heavy (non-hydrogen) atoms. The second kappa shape index (κ2) is 8.13. The fraction of sp³-hybridized carbons (Fsp3) is 1.00. The molecule has 3 heteroatoms. The molecule has 0 amide bonds. The first-order valence-corrected chi connectivity index (χ1v) is 7.03. The van der Waals surface area contributed by atoms with Crippen molar-refractivity contribution in [1.29, 1.82) is 0 Å². The van der Waals surface area contributed by atoms with Crippen molar-refractivity contribution in [2.24, 2.45) is 11.3 Å². The van der Waals surface area contributed by atoms with Crippen molar-refractivity contribution in [3.8, 4) is 0 Å². The Kier molecular flexibility index (Phi) is 8.08. The van der Waals surface area contributed by atoms with Gasteiger partial charge in [-0.1, -0.05) is 20.8 Å². The van der Waals surface area contributed by atoms with Gasteiger partial charge >= 0.3 is 0 Å². The third-order valence-corrected chi connectivity index (χ3v) is 3.67. The van der Waals surface area contributed by atoms with E-state index in [1.807, 2.05) is 0 Å². The van der Waals surface area contributed by atoms with E-state index in [1.54, 1.807) is 7.11 Å². The number of nitrogens with one attached hydrogen (secondary N) is 1. The number of rotatable bonds is 9. The Labute approximate surface area is 114 Å². The molecule has 0 spiro atoms. The van der Waals surface area contributed by atoms with E-state index in [-0.39, 0.29) is 11.0 Å². The minimum absolute atomic E-state index is 0.174. The summed E-state index contributed by atoms with van der Waals surface area (Å²) in [7, 11) is 1.70. The van der Waals surface area contributed by atoms with Gasteiger partial charge in [-0.15, -0.1) is 0 Å². The van der Waals surface area contributed by atoms with E-state index in [1.165, 1.54) is 0 Å². The maximum atomic E-state index is 5.60. The van der Waals surface area contributed by atoms with Crippen molar-refractivity contribution in [3.05, 3.63) is 0 Å². The van der Waals surface area contributed by atoms with Crippen LogP contribution in [0.25, 0.3) is 0 Å². The van der Waals surface area contributed by atoms with Gasteiger partial charge in [0.25, 0.3) is 0 Å². The predicted molar refractivity (Wildman–Crippen MR) is 78.0 cm³/mol. The first-order valence-electron chi connectivity index (χ1n) is 7.03. The maximum absolute atomic E-state index is 5.60. The molecule has 0 aliphatic heterocycles. The molecule has 0 saturated heterocycles. The number of ether oxygens (including phenoxy) is 2. The maximum Gasteiger partial charge on any atom is 0.0700 e. The van der Waals surface area contributed by atoms with E-state index in [0.29, 0.717) is 19.1 Å². The van der Waals surface area contributed by atoms with E-state index in [0.717, 1.165) is 19.6 Å². The fourth-order valence-corrected chi connectivity index (χ4v) is 1.60. The van der Waals surface area contributed by atoms with Crippen LogP contribution in [0.15, 0.2) is 0 Å². The molecule has 1 unspecified atom stereocenters. The third-order valence-electron chi connectivity index (χ3n) is 3.67. The van der Waals surface area contributed by atoms with Gasteiger partial charge in [0.15, 0.2) is 0 Å². The highest BCUT2D eigenvalue weighted by Gasteiger charge is 2.29. The lowest BCUT2D eigenvalue weighted by Crippen LogP contribution is -2.45. The molecule has 0 aliphatic carbocycles. The molecule has 0 aromatic carbocycles. The lowest BCUT2D eigenvalue weighted by atomic mass is 9.76. The van der Waals surface area contributed by atoms with Crippen LogP contribution in [0.1, 0.15) is 48.0 Å². The molecule has 110 valence electrons. The number of methoxy groups -OCH3 is 1. The van der Waals surface area contributed by atoms with Crippen molar-refractivity contribution in [3.63, 3.8) is 0 Å². The molecule has 0 saturated carbocycles. The zero-order chi connectivity index (χ0) is 14.2. The molecule has 0 rings (SSSR count). The molecule has 0 aromatic rings. The summed E-state index contributed by atoms with van der Waals surface area (Å²) in [4.78, 5) is 0. The van der Waals surface area contributed by atoms with Crippen LogP contribution >= 0.6 is 0 Å². The smallest absolute Gasteiger partial charge is 0.0700 e. The molecular formula is C15H33NO2. The molecule has 0 radical (unpaired) electrons. The highest BCUT2D eigenvalue weighted by molar-refractivity contribution is 4.83. The van der Waals surface area contributed by atoms with E-state index in [2.05, 4.69) is 46.9 Å². The molecule has 3 nitrogen and oxygen atoms in total. The minimum Gasteiger partial charge on any atom is -0.382 e. The van der Waals surface area contributed by atoms with Crippen LogP contribution in [0.4, 0.5) is 0 Å². The highest BCUT2D eigenvalue weighted by Crippen LogP contribution is 2.30. The Morgan fingerprint density at radius 2 is 1.61 bits per heavy atom. The summed E-state index contributed by atoms with van der Waals surface area (Å²) in [6.45, 7) is 16.8. The van der Waals surface area contributed by atoms with Gasteiger partial charge < -0.3 is 14.8 Å². The van der Waals surface area contributed by atoms with Gasteiger partial charge in [-0.25, -0.2) is 0 Å². The summed E-state index contributed by atoms with van der Waals surface area (Å²) >= 11 is 0. The molecule has 1 atom stereocenters. The van der Waals surface area contributed by atoms with Gasteiger partial charge in [0.2, 0.25) is 0 Å². The lowest BCUT2D eigenvalue weighted by Gasteiger charge is -2.37. The number of hydrogen-bond donors (Lipinski definition) is 1. The van der Waals surface area contributed by atoms with Crippen LogP contribution in [-0.2, 0) is 9.47 Å². The van der Waals surface area contributed by atoms with E-state index in [4.69, 9.17) is 9.47 Å². The van der Waals surface area contributed by atoms with Gasteiger partial charge in [0, 0.05) is 25.8 Å². The Morgan fingerprint density at radius 1 is 1.00 bits per heavy atom. The number of hydrogen-bond acceptors (Lipinski definition) is 3. The second-order valence-corrected chi connectivity index (χ2v) is 6.77. The fourth-order valence-electron chi connectivity index (χ4n) is 1.60. The molecular weight excluding hydrogens is 226 g/mol. The van der Waals surface area contributed by atoms with Crippen molar-refractivity contribution in [1.82, 2.24) is 5.32 Å². The Hall–Kier alpha value is -0.120. The van der Waals surface area contributed by atoms with Crippen LogP contribution in [0.3, 0.4) is 0 Å². The summed E-state index contributed by atoms with van der Waals surface area (Å²) in [5, 5.41) is 3.62. The molecule has 1 N–H and O–H groups in total. The normalized spacial score (nSPS) is 16.0. The van der Waals surface area contributed by atoms with Crippen LogP contribution in [0.2, 0.25) is 0 Å². The molecule has 0 fully saturated rings. The molecule has 0 aromatic heterocycles. The second-order valence-electron chi connectivity index (χ2n) is 6.77. The van der Waals surface area contributed by atoms with Crippen molar-refractivity contribution >= 4 is 0 Å². The monoisotopic (exact) mass is 259 g/mol. The van der Waals surface area contributed by atoms with Crippen LogP contribution in [-0.4, -0.2) is 39.0 Å². The van der Waals surface area contributed by atoms with Gasteiger partial charge in [-0.3, -0.25) is 0 Å². The van der Waals surface area contributed by atoms with E-state index in [9.17, 15) is 0 Å². The lowest BCUT2D eigenvalue weighted by molar-refractivity contribution is 0.0427. The van der Waals surface area contributed by atoms with Crippen LogP contribution in [0, 0.1) is 11.3 Å². The van der Waals surface area contributed by atoms with Gasteiger partial charge in [-0.05, 0) is 38.5 Å². The van der Waals surface area contributed by atoms with Crippen molar-refractivity contribution < 1.29 is 9.47 Å². The summed E-state index contributed by atoms with van der Waals surface area (Å²) in [6, 6.07) is 0. The average Bonchev–Trinajstić information content (AvgIpc) is 2.25. The van der Waals surface area contributed by atoms with Gasteiger partial charge in [0.1, 0.15) is 0 Å². The molecule has 0 heterocycles. The van der Waals surface area contributed by atoms with Gasteiger partial charge in [-0.2, -0.15) is 0 Å². The summed E-state index contributed by atoms with van der Waals surface area (Å²) in [5.74, 6) is 0.637. The highest BCUT2D eigenvalue weighted by atomic mass is 16.5. The zero-order valence-corrected chi connectivity index (χ0v) is 13.4. The van der Waals surface area contributed by atoms with Crippen molar-refractivity contribution in [2.75, 3.05) is 33.5 Å². The minimum atomic E-state index is 0.174. The Morgan fingerprint density at radius 3 is 2.06 bits per heavy atom.